The monoisotopic (exact) mass is 530 g/mol. The average molecular weight is 531 g/mol. The van der Waals surface area contributed by atoms with Gasteiger partial charge in [-0.25, -0.2) is 13.5 Å². The van der Waals surface area contributed by atoms with Gasteiger partial charge in [0.1, 0.15) is 11.0 Å². The molecule has 0 spiro atoms. The fraction of sp³-hybridized carbons (Fsp3) is 0.600. The molecule has 0 unspecified atom stereocenters. The number of halogens is 2. The molecule has 6 nitrogen and oxygen atoms in total. The van der Waals surface area contributed by atoms with Gasteiger partial charge in [-0.15, -0.1) is 5.10 Å². The zero-order valence-electron chi connectivity index (χ0n) is 23.8. The number of benzene rings is 1. The summed E-state index contributed by atoms with van der Waals surface area (Å²) < 4.78 is 30.4. The van der Waals surface area contributed by atoms with Crippen LogP contribution in [0.3, 0.4) is 0 Å². The molecule has 0 amide bonds. The SMILES string of the molecule is CCC(O)CC.CCC1CC1.CCCC(CCC)n1nnc2cc(-c3ccc(C(C)=O)c(F)c3F)ncc21. The maximum atomic E-state index is 14.4. The molecule has 8 heteroatoms. The van der Waals surface area contributed by atoms with E-state index in [2.05, 4.69) is 36.1 Å². The van der Waals surface area contributed by atoms with Crippen molar-refractivity contribution in [1.82, 2.24) is 20.0 Å². The van der Waals surface area contributed by atoms with Crippen molar-refractivity contribution in [1.29, 1.82) is 0 Å². The second-order valence-electron chi connectivity index (χ2n) is 9.99. The first kappa shape index (κ1) is 31.5. The maximum Gasteiger partial charge on any atom is 0.170 e. The predicted octanol–water partition coefficient (Wildman–Crippen LogP) is 8.09. The van der Waals surface area contributed by atoms with Crippen molar-refractivity contribution in [3.05, 3.63) is 41.6 Å². The van der Waals surface area contributed by atoms with E-state index in [9.17, 15) is 13.6 Å². The molecule has 2 heterocycles. The Morgan fingerprint density at radius 1 is 1.05 bits per heavy atom. The van der Waals surface area contributed by atoms with Crippen LogP contribution in [0.15, 0.2) is 24.4 Å². The minimum absolute atomic E-state index is 0.00684. The van der Waals surface area contributed by atoms with Gasteiger partial charge in [-0.2, -0.15) is 0 Å². The van der Waals surface area contributed by atoms with Crippen molar-refractivity contribution in [3.8, 4) is 11.3 Å². The van der Waals surface area contributed by atoms with Crippen LogP contribution < -0.4 is 0 Å². The Morgan fingerprint density at radius 2 is 1.68 bits per heavy atom. The Labute approximate surface area is 225 Å². The van der Waals surface area contributed by atoms with Gasteiger partial charge in [-0.3, -0.25) is 9.78 Å². The van der Waals surface area contributed by atoms with E-state index in [-0.39, 0.29) is 29.0 Å². The molecule has 2 aromatic heterocycles. The minimum Gasteiger partial charge on any atom is -0.393 e. The van der Waals surface area contributed by atoms with Crippen LogP contribution in [0.1, 0.15) is 116 Å². The lowest BCUT2D eigenvalue weighted by Crippen LogP contribution is -2.10. The first-order valence-electron chi connectivity index (χ1n) is 14.1. The molecule has 1 aromatic carbocycles. The van der Waals surface area contributed by atoms with E-state index in [0.29, 0.717) is 5.52 Å². The Balaban J connectivity index is 0.000000383. The third kappa shape index (κ3) is 8.65. The second-order valence-corrected chi connectivity index (χ2v) is 9.99. The Kier molecular flexibility index (Phi) is 12.9. The van der Waals surface area contributed by atoms with Crippen molar-refractivity contribution >= 4 is 16.8 Å². The molecule has 0 saturated heterocycles. The number of carbonyl (C=O) groups is 1. The van der Waals surface area contributed by atoms with Crippen LogP contribution in [-0.2, 0) is 0 Å². The highest BCUT2D eigenvalue weighted by Crippen LogP contribution is 2.31. The molecule has 210 valence electrons. The van der Waals surface area contributed by atoms with Gasteiger partial charge in [0.15, 0.2) is 17.4 Å². The van der Waals surface area contributed by atoms with Crippen LogP contribution in [0.5, 0.6) is 0 Å². The summed E-state index contributed by atoms with van der Waals surface area (Å²) in [5.41, 5.74) is 1.32. The molecule has 1 N–H and O–H groups in total. The summed E-state index contributed by atoms with van der Waals surface area (Å²) in [5, 5.41) is 17.1. The number of Topliss-reactive ketones (excluding diaryl/α,β-unsaturated/α-hetero) is 1. The highest BCUT2D eigenvalue weighted by molar-refractivity contribution is 5.95. The number of hydrogen-bond acceptors (Lipinski definition) is 5. The number of pyridine rings is 1. The van der Waals surface area contributed by atoms with Gasteiger partial charge in [0.2, 0.25) is 0 Å². The molecule has 1 aliphatic carbocycles. The summed E-state index contributed by atoms with van der Waals surface area (Å²) in [6.07, 6.45) is 11.8. The standard InChI is InChI=1S/C20H22F2N4O.C5H12O.C5H10/c1-4-6-13(7-5-2)26-18-11-23-16(10-17(18)24-25-26)15-9-8-14(12(3)27)19(21)20(15)22;1-3-5(6)4-2;1-2-5-3-4-5/h8-11,13H,4-7H2,1-3H3;5-6H,3-4H2,1-2H3;5H,2-4H2,1H3. The van der Waals surface area contributed by atoms with Crippen molar-refractivity contribution < 1.29 is 18.7 Å². The lowest BCUT2D eigenvalue weighted by molar-refractivity contribution is 0.101. The van der Waals surface area contributed by atoms with E-state index in [0.717, 1.165) is 50.0 Å². The fourth-order valence-corrected chi connectivity index (χ4v) is 4.15. The summed E-state index contributed by atoms with van der Waals surface area (Å²) in [4.78, 5) is 15.7. The molecule has 4 rings (SSSR count). The number of carbonyl (C=O) groups excluding carboxylic acids is 1. The van der Waals surface area contributed by atoms with Crippen molar-refractivity contribution in [2.45, 2.75) is 111 Å². The van der Waals surface area contributed by atoms with E-state index < -0.39 is 17.4 Å². The van der Waals surface area contributed by atoms with Gasteiger partial charge >= 0.3 is 0 Å². The Bertz CT molecular complexity index is 1150. The number of nitrogens with zero attached hydrogens (tertiary/aromatic N) is 4. The predicted molar refractivity (Wildman–Crippen MR) is 149 cm³/mol. The first-order chi connectivity index (χ1) is 18.2. The Morgan fingerprint density at radius 3 is 2.13 bits per heavy atom. The lowest BCUT2D eigenvalue weighted by Gasteiger charge is -2.16. The molecule has 0 radical (unpaired) electrons. The van der Waals surface area contributed by atoms with Crippen LogP contribution in [-0.4, -0.2) is 37.0 Å². The number of aliphatic hydroxyl groups is 1. The van der Waals surface area contributed by atoms with Gasteiger partial charge < -0.3 is 5.11 Å². The molecular formula is C30H44F2N4O2. The van der Waals surface area contributed by atoms with E-state index in [1.54, 1.807) is 12.3 Å². The summed E-state index contributed by atoms with van der Waals surface area (Å²) >= 11 is 0. The molecule has 38 heavy (non-hydrogen) atoms. The minimum atomic E-state index is -1.16. The zero-order valence-corrected chi connectivity index (χ0v) is 23.8. The van der Waals surface area contributed by atoms with Gasteiger partial charge in [0, 0.05) is 5.56 Å². The van der Waals surface area contributed by atoms with Gasteiger partial charge in [-0.1, -0.05) is 71.9 Å². The van der Waals surface area contributed by atoms with Gasteiger partial charge in [0.25, 0.3) is 0 Å². The number of ketones is 1. The second kappa shape index (κ2) is 15.6. The summed E-state index contributed by atoms with van der Waals surface area (Å²) in [6.45, 7) is 11.7. The zero-order chi connectivity index (χ0) is 28.2. The summed E-state index contributed by atoms with van der Waals surface area (Å²) in [6, 6.07) is 4.47. The summed E-state index contributed by atoms with van der Waals surface area (Å²) in [7, 11) is 0. The number of fused-ring (bicyclic) bond motifs is 1. The van der Waals surface area contributed by atoms with Crippen LogP contribution in [0.4, 0.5) is 8.78 Å². The topological polar surface area (TPSA) is 80.9 Å². The smallest absolute Gasteiger partial charge is 0.170 e. The third-order valence-corrected chi connectivity index (χ3v) is 6.90. The van der Waals surface area contributed by atoms with Crippen LogP contribution in [0, 0.1) is 17.6 Å². The molecule has 1 aliphatic rings. The average Bonchev–Trinajstić information content (AvgIpc) is 3.68. The molecule has 1 fully saturated rings. The van der Waals surface area contributed by atoms with E-state index in [1.165, 1.54) is 38.3 Å². The van der Waals surface area contributed by atoms with Crippen molar-refractivity contribution in [2.24, 2.45) is 5.92 Å². The van der Waals surface area contributed by atoms with Gasteiger partial charge in [-0.05, 0) is 56.7 Å². The highest BCUT2D eigenvalue weighted by Gasteiger charge is 2.20. The first-order valence-corrected chi connectivity index (χ1v) is 14.1. The molecule has 0 aliphatic heterocycles. The van der Waals surface area contributed by atoms with Crippen molar-refractivity contribution in [2.75, 3.05) is 0 Å². The quantitative estimate of drug-likeness (QED) is 0.268. The molecule has 0 atom stereocenters. The highest BCUT2D eigenvalue weighted by atomic mass is 19.2. The van der Waals surface area contributed by atoms with Crippen molar-refractivity contribution in [3.63, 3.8) is 0 Å². The fourth-order valence-electron chi connectivity index (χ4n) is 4.15. The van der Waals surface area contributed by atoms with Gasteiger partial charge in [0.05, 0.1) is 29.6 Å². The maximum absolute atomic E-state index is 14.4. The normalized spacial score (nSPS) is 12.8. The van der Waals surface area contributed by atoms with E-state index >= 15 is 0 Å². The molecule has 3 aromatic rings. The van der Waals surface area contributed by atoms with Crippen LogP contribution in [0.25, 0.3) is 22.3 Å². The molecule has 1 saturated carbocycles. The largest absolute Gasteiger partial charge is 0.393 e. The van der Waals surface area contributed by atoms with E-state index in [4.69, 9.17) is 5.11 Å². The Hall–Kier alpha value is -2.74. The molecular weight excluding hydrogens is 486 g/mol. The number of aliphatic hydroxyl groups excluding tert-OH is 1. The number of hydrogen-bond donors (Lipinski definition) is 1. The number of aromatic nitrogens is 4. The van der Waals surface area contributed by atoms with E-state index in [1.807, 2.05) is 18.5 Å². The van der Waals surface area contributed by atoms with Crippen LogP contribution in [0.2, 0.25) is 0 Å². The molecule has 0 bridgehead atoms. The van der Waals surface area contributed by atoms with Crippen LogP contribution >= 0.6 is 0 Å². The lowest BCUT2D eigenvalue weighted by atomic mass is 10.0. The number of rotatable bonds is 10. The summed E-state index contributed by atoms with van der Waals surface area (Å²) in [5.74, 6) is -1.63. The third-order valence-electron chi connectivity index (χ3n) is 6.90.